The van der Waals surface area contributed by atoms with E-state index in [4.69, 9.17) is 5.11 Å². The van der Waals surface area contributed by atoms with Crippen molar-refractivity contribution in [3.63, 3.8) is 0 Å². The molecule has 0 atom stereocenters. The van der Waals surface area contributed by atoms with E-state index in [2.05, 4.69) is 4.90 Å². The summed E-state index contributed by atoms with van der Waals surface area (Å²) in [6.45, 7) is 3.34. The van der Waals surface area contributed by atoms with Gasteiger partial charge in [-0.1, -0.05) is 6.42 Å². The lowest BCUT2D eigenvalue weighted by Gasteiger charge is -2.15. The first kappa shape index (κ1) is 15.9. The topological polar surface area (TPSA) is 81.1 Å². The minimum atomic E-state index is -1.02. The van der Waals surface area contributed by atoms with Crippen LogP contribution in [0.2, 0.25) is 0 Å². The first-order valence-corrected chi connectivity index (χ1v) is 7.03. The monoisotopic (exact) mass is 272 g/mol. The van der Waals surface area contributed by atoms with Crippen molar-refractivity contribution in [2.24, 2.45) is 0 Å². The van der Waals surface area contributed by atoms with Crippen LogP contribution in [-0.2, 0) is 9.59 Å². The maximum Gasteiger partial charge on any atom is 0.305 e. The summed E-state index contributed by atoms with van der Waals surface area (Å²) in [5.41, 5.74) is 0. The van der Waals surface area contributed by atoms with Gasteiger partial charge in [0.1, 0.15) is 0 Å². The maximum atomic E-state index is 11.4. The van der Waals surface area contributed by atoms with Gasteiger partial charge in [-0.15, -0.1) is 0 Å². The zero-order valence-corrected chi connectivity index (χ0v) is 11.4. The third kappa shape index (κ3) is 7.12. The average Bonchev–Trinajstić information content (AvgIpc) is 2.88. The SMILES string of the molecule is O=C(O)CCN(O)C(=O)CCCCCN1CCCC1. The number of nitrogens with zero attached hydrogens (tertiary/aromatic N) is 2. The van der Waals surface area contributed by atoms with Crippen molar-refractivity contribution in [2.75, 3.05) is 26.2 Å². The van der Waals surface area contributed by atoms with Gasteiger partial charge < -0.3 is 10.0 Å². The Kier molecular flexibility index (Phi) is 7.43. The van der Waals surface area contributed by atoms with E-state index in [1.807, 2.05) is 0 Å². The molecule has 0 bridgehead atoms. The molecule has 0 spiro atoms. The van der Waals surface area contributed by atoms with E-state index in [0.717, 1.165) is 25.8 Å². The average molecular weight is 272 g/mol. The Labute approximate surface area is 113 Å². The van der Waals surface area contributed by atoms with Crippen LogP contribution in [0.4, 0.5) is 0 Å². The molecule has 6 heteroatoms. The van der Waals surface area contributed by atoms with Crippen LogP contribution >= 0.6 is 0 Å². The molecule has 110 valence electrons. The highest BCUT2D eigenvalue weighted by Gasteiger charge is 2.13. The number of amides is 1. The van der Waals surface area contributed by atoms with Gasteiger partial charge in [-0.25, -0.2) is 5.06 Å². The summed E-state index contributed by atoms with van der Waals surface area (Å²) in [7, 11) is 0. The van der Waals surface area contributed by atoms with Gasteiger partial charge in [-0.2, -0.15) is 0 Å². The standard InChI is InChI=1S/C13H24N2O4/c16-12(15(19)11-7-13(17)18)6-2-1-3-8-14-9-4-5-10-14/h19H,1-11H2,(H,17,18). The number of unbranched alkanes of at least 4 members (excludes halogenated alkanes) is 2. The lowest BCUT2D eigenvalue weighted by molar-refractivity contribution is -0.167. The number of carbonyl (C=O) groups is 2. The van der Waals surface area contributed by atoms with Crippen LogP contribution in [0.5, 0.6) is 0 Å². The van der Waals surface area contributed by atoms with Crippen molar-refractivity contribution in [3.05, 3.63) is 0 Å². The van der Waals surface area contributed by atoms with Crippen molar-refractivity contribution in [1.29, 1.82) is 0 Å². The van der Waals surface area contributed by atoms with E-state index in [-0.39, 0.29) is 25.3 Å². The molecule has 1 aliphatic heterocycles. The van der Waals surface area contributed by atoms with E-state index >= 15 is 0 Å². The van der Waals surface area contributed by atoms with Crippen molar-refractivity contribution in [1.82, 2.24) is 9.96 Å². The number of carbonyl (C=O) groups excluding carboxylic acids is 1. The van der Waals surface area contributed by atoms with E-state index in [0.29, 0.717) is 5.06 Å². The Hall–Kier alpha value is -1.14. The zero-order chi connectivity index (χ0) is 14.1. The highest BCUT2D eigenvalue weighted by Crippen LogP contribution is 2.10. The minimum absolute atomic E-state index is 0.137. The van der Waals surface area contributed by atoms with Crippen LogP contribution in [0.3, 0.4) is 0 Å². The van der Waals surface area contributed by atoms with Crippen LogP contribution in [0.15, 0.2) is 0 Å². The smallest absolute Gasteiger partial charge is 0.305 e. The fraction of sp³-hybridized carbons (Fsp3) is 0.846. The molecule has 0 unspecified atom stereocenters. The number of hydroxylamine groups is 2. The van der Waals surface area contributed by atoms with Gasteiger partial charge in [-0.05, 0) is 45.3 Å². The Morgan fingerprint density at radius 1 is 1.05 bits per heavy atom. The lowest BCUT2D eigenvalue weighted by Crippen LogP contribution is -2.29. The molecule has 19 heavy (non-hydrogen) atoms. The molecule has 1 rings (SSSR count). The van der Waals surface area contributed by atoms with Gasteiger partial charge in [0.05, 0.1) is 13.0 Å². The largest absolute Gasteiger partial charge is 0.481 e. The van der Waals surface area contributed by atoms with Gasteiger partial charge in [0.25, 0.3) is 0 Å². The summed E-state index contributed by atoms with van der Waals surface area (Å²) in [5, 5.41) is 18.3. The summed E-state index contributed by atoms with van der Waals surface area (Å²) >= 11 is 0. The van der Waals surface area contributed by atoms with E-state index in [1.165, 1.54) is 25.9 Å². The third-order valence-corrected chi connectivity index (χ3v) is 3.39. The predicted octanol–water partition coefficient (Wildman–Crippen LogP) is 1.34. The second-order valence-electron chi connectivity index (χ2n) is 5.02. The molecule has 1 amide bonds. The molecule has 0 aromatic rings. The highest BCUT2D eigenvalue weighted by atomic mass is 16.5. The van der Waals surface area contributed by atoms with E-state index in [1.54, 1.807) is 0 Å². The summed E-state index contributed by atoms with van der Waals surface area (Å²) in [6, 6.07) is 0. The Morgan fingerprint density at radius 2 is 1.74 bits per heavy atom. The molecular formula is C13H24N2O4. The molecule has 1 heterocycles. The first-order chi connectivity index (χ1) is 9.09. The normalized spacial score (nSPS) is 15.6. The first-order valence-electron chi connectivity index (χ1n) is 7.03. The summed E-state index contributed by atoms with van der Waals surface area (Å²) in [4.78, 5) is 24.2. The van der Waals surface area contributed by atoms with Crippen molar-refractivity contribution >= 4 is 11.9 Å². The number of hydrogen-bond donors (Lipinski definition) is 2. The van der Waals surface area contributed by atoms with Gasteiger partial charge >= 0.3 is 5.97 Å². The molecule has 1 saturated heterocycles. The summed E-state index contributed by atoms with van der Waals surface area (Å²) in [5.74, 6) is -1.40. The van der Waals surface area contributed by atoms with Gasteiger partial charge in [-0.3, -0.25) is 14.8 Å². The van der Waals surface area contributed by atoms with Gasteiger partial charge in [0, 0.05) is 6.42 Å². The molecule has 2 N–H and O–H groups in total. The fourth-order valence-corrected chi connectivity index (χ4v) is 2.25. The summed E-state index contributed by atoms with van der Waals surface area (Å²) in [6.07, 6.45) is 5.44. The summed E-state index contributed by atoms with van der Waals surface area (Å²) < 4.78 is 0. The molecule has 0 saturated carbocycles. The number of hydrogen-bond acceptors (Lipinski definition) is 4. The fourth-order valence-electron chi connectivity index (χ4n) is 2.25. The number of rotatable bonds is 9. The van der Waals surface area contributed by atoms with Crippen LogP contribution in [0.1, 0.15) is 44.9 Å². The van der Waals surface area contributed by atoms with Gasteiger partial charge in [0.15, 0.2) is 0 Å². The maximum absolute atomic E-state index is 11.4. The number of carboxylic acids is 1. The van der Waals surface area contributed by atoms with Crippen LogP contribution < -0.4 is 0 Å². The number of carboxylic acid groups (broad SMARTS) is 1. The van der Waals surface area contributed by atoms with Crippen molar-refractivity contribution < 1.29 is 19.9 Å². The zero-order valence-electron chi connectivity index (χ0n) is 11.4. The predicted molar refractivity (Wildman–Crippen MR) is 69.9 cm³/mol. The molecule has 0 aromatic carbocycles. The van der Waals surface area contributed by atoms with Crippen molar-refractivity contribution in [2.45, 2.75) is 44.9 Å². The Bertz CT molecular complexity index is 290. The Morgan fingerprint density at radius 3 is 2.37 bits per heavy atom. The van der Waals surface area contributed by atoms with E-state index < -0.39 is 5.97 Å². The second kappa shape index (κ2) is 8.87. The number of aliphatic carboxylic acids is 1. The molecule has 0 aromatic heterocycles. The lowest BCUT2D eigenvalue weighted by atomic mass is 10.2. The molecular weight excluding hydrogens is 248 g/mol. The second-order valence-corrected chi connectivity index (χ2v) is 5.02. The molecule has 6 nitrogen and oxygen atoms in total. The third-order valence-electron chi connectivity index (χ3n) is 3.39. The molecule has 0 radical (unpaired) electrons. The molecule has 1 fully saturated rings. The van der Waals surface area contributed by atoms with Gasteiger partial charge in [0.2, 0.25) is 5.91 Å². The van der Waals surface area contributed by atoms with Crippen LogP contribution in [0.25, 0.3) is 0 Å². The van der Waals surface area contributed by atoms with Crippen LogP contribution in [-0.4, -0.2) is 58.3 Å². The van der Waals surface area contributed by atoms with Crippen molar-refractivity contribution in [3.8, 4) is 0 Å². The number of likely N-dealkylation sites (tertiary alicyclic amines) is 1. The molecule has 1 aliphatic rings. The quantitative estimate of drug-likeness (QED) is 0.376. The highest BCUT2D eigenvalue weighted by molar-refractivity contribution is 5.75. The Balaban J connectivity index is 1.98. The minimum Gasteiger partial charge on any atom is -0.481 e. The molecule has 0 aliphatic carbocycles. The van der Waals surface area contributed by atoms with Crippen LogP contribution in [0, 0.1) is 0 Å². The van der Waals surface area contributed by atoms with E-state index in [9.17, 15) is 14.8 Å².